The summed E-state index contributed by atoms with van der Waals surface area (Å²) >= 11 is 0. The van der Waals surface area contributed by atoms with Crippen molar-refractivity contribution in [2.24, 2.45) is 4.99 Å². The summed E-state index contributed by atoms with van der Waals surface area (Å²) in [5, 5.41) is 2.98. The molecule has 28 heavy (non-hydrogen) atoms. The van der Waals surface area contributed by atoms with Gasteiger partial charge in [-0.1, -0.05) is 42.5 Å². The van der Waals surface area contributed by atoms with Crippen LogP contribution in [-0.2, 0) is 9.59 Å². The van der Waals surface area contributed by atoms with Crippen LogP contribution in [-0.4, -0.2) is 34.6 Å². The van der Waals surface area contributed by atoms with Gasteiger partial charge in [-0.2, -0.15) is 0 Å². The van der Waals surface area contributed by atoms with Crippen molar-refractivity contribution in [3.8, 4) is 0 Å². The Balaban J connectivity index is 1.57. The smallest absolute Gasteiger partial charge is 0.275 e. The lowest BCUT2D eigenvalue weighted by Gasteiger charge is -2.32. The Morgan fingerprint density at radius 1 is 1.11 bits per heavy atom. The molecule has 0 atom stereocenters. The molecule has 1 fully saturated rings. The van der Waals surface area contributed by atoms with Crippen LogP contribution in [0.25, 0.3) is 0 Å². The number of amides is 2. The van der Waals surface area contributed by atoms with Crippen molar-refractivity contribution in [3.05, 3.63) is 65.2 Å². The first-order valence-electron chi connectivity index (χ1n) is 9.83. The van der Waals surface area contributed by atoms with Crippen LogP contribution < -0.4 is 5.32 Å². The molecular weight excluding hydrogens is 350 g/mol. The second-order valence-corrected chi connectivity index (χ2v) is 7.77. The Kier molecular flexibility index (Phi) is 4.75. The van der Waals surface area contributed by atoms with E-state index in [1.165, 1.54) is 0 Å². The fraction of sp³-hybridized carbons (Fsp3) is 0.348. The number of anilines is 1. The molecule has 1 spiro atoms. The molecule has 1 heterocycles. The van der Waals surface area contributed by atoms with E-state index in [9.17, 15) is 9.59 Å². The van der Waals surface area contributed by atoms with Crippen LogP contribution in [0.4, 0.5) is 5.69 Å². The van der Waals surface area contributed by atoms with Gasteiger partial charge in [0, 0.05) is 11.3 Å². The number of nitrogens with one attached hydrogen (secondary N) is 1. The molecule has 144 valence electrons. The van der Waals surface area contributed by atoms with Gasteiger partial charge in [-0.3, -0.25) is 14.6 Å². The molecule has 1 N–H and O–H groups in total. The quantitative estimate of drug-likeness (QED) is 0.882. The SMILES string of the molecule is Cc1ccc(C)c(NC(=O)CN2C(=O)C(c3ccccc3)=NC23CCCC3)c1. The van der Waals surface area contributed by atoms with Gasteiger partial charge < -0.3 is 10.2 Å². The lowest BCUT2D eigenvalue weighted by atomic mass is 10.1. The zero-order valence-corrected chi connectivity index (χ0v) is 16.4. The molecule has 4 rings (SSSR count). The highest BCUT2D eigenvalue weighted by Gasteiger charge is 2.49. The zero-order chi connectivity index (χ0) is 19.7. The van der Waals surface area contributed by atoms with Crippen molar-refractivity contribution in [1.29, 1.82) is 0 Å². The van der Waals surface area contributed by atoms with Gasteiger partial charge in [0.2, 0.25) is 5.91 Å². The van der Waals surface area contributed by atoms with E-state index < -0.39 is 5.66 Å². The average Bonchev–Trinajstić information content (AvgIpc) is 3.26. The number of hydrogen-bond acceptors (Lipinski definition) is 3. The molecule has 2 aromatic rings. The van der Waals surface area contributed by atoms with Crippen LogP contribution in [0.1, 0.15) is 42.4 Å². The van der Waals surface area contributed by atoms with Crippen LogP contribution in [0, 0.1) is 13.8 Å². The van der Waals surface area contributed by atoms with Crippen LogP contribution in [0.5, 0.6) is 0 Å². The normalized spacial score (nSPS) is 17.9. The molecule has 1 saturated carbocycles. The number of carbonyl (C=O) groups is 2. The Morgan fingerprint density at radius 3 is 2.54 bits per heavy atom. The van der Waals surface area contributed by atoms with Crippen LogP contribution in [0.15, 0.2) is 53.5 Å². The maximum absolute atomic E-state index is 13.2. The van der Waals surface area contributed by atoms with Crippen LogP contribution in [0.3, 0.4) is 0 Å². The lowest BCUT2D eigenvalue weighted by Crippen LogP contribution is -2.48. The number of rotatable bonds is 4. The van der Waals surface area contributed by atoms with Gasteiger partial charge >= 0.3 is 0 Å². The number of carbonyl (C=O) groups excluding carboxylic acids is 2. The first kappa shape index (κ1) is 18.4. The molecule has 1 aliphatic heterocycles. The largest absolute Gasteiger partial charge is 0.324 e. The van der Waals surface area contributed by atoms with Crippen LogP contribution >= 0.6 is 0 Å². The standard InChI is InChI=1S/C23H25N3O2/c1-16-10-11-17(2)19(14-16)24-20(27)15-26-22(28)21(18-8-4-3-5-9-18)25-23(26)12-6-7-13-23/h3-5,8-11,14H,6-7,12-13,15H2,1-2H3,(H,24,27). The van der Waals surface area contributed by atoms with Crippen molar-refractivity contribution in [2.45, 2.75) is 45.2 Å². The maximum Gasteiger partial charge on any atom is 0.275 e. The predicted molar refractivity (Wildman–Crippen MR) is 110 cm³/mol. The van der Waals surface area contributed by atoms with Gasteiger partial charge in [0.05, 0.1) is 0 Å². The minimum Gasteiger partial charge on any atom is -0.324 e. The monoisotopic (exact) mass is 375 g/mol. The summed E-state index contributed by atoms with van der Waals surface area (Å²) in [4.78, 5) is 32.5. The molecule has 2 aromatic carbocycles. The second-order valence-electron chi connectivity index (χ2n) is 7.77. The van der Waals surface area contributed by atoms with Gasteiger partial charge in [0.15, 0.2) is 0 Å². The molecule has 5 nitrogen and oxygen atoms in total. The van der Waals surface area contributed by atoms with Crippen LogP contribution in [0.2, 0.25) is 0 Å². The fourth-order valence-electron chi connectivity index (χ4n) is 4.16. The Labute approximate surface area is 165 Å². The highest BCUT2D eigenvalue weighted by molar-refractivity contribution is 6.47. The molecule has 1 aliphatic carbocycles. The Hall–Kier alpha value is -2.95. The zero-order valence-electron chi connectivity index (χ0n) is 16.4. The molecule has 0 radical (unpaired) electrons. The van der Waals surface area contributed by atoms with Gasteiger partial charge in [-0.15, -0.1) is 0 Å². The predicted octanol–water partition coefficient (Wildman–Crippen LogP) is 3.84. The minimum atomic E-state index is -0.568. The molecule has 0 aromatic heterocycles. The topological polar surface area (TPSA) is 61.8 Å². The molecule has 5 heteroatoms. The van der Waals surface area contributed by atoms with Gasteiger partial charge in [-0.05, 0) is 56.7 Å². The third-order valence-corrected chi connectivity index (χ3v) is 5.69. The first-order valence-corrected chi connectivity index (χ1v) is 9.83. The average molecular weight is 375 g/mol. The third-order valence-electron chi connectivity index (χ3n) is 5.69. The Morgan fingerprint density at radius 2 is 1.82 bits per heavy atom. The van der Waals surface area contributed by atoms with Crippen molar-refractivity contribution in [1.82, 2.24) is 4.90 Å². The van der Waals surface area contributed by atoms with E-state index >= 15 is 0 Å². The number of benzene rings is 2. The van der Waals surface area contributed by atoms with E-state index in [-0.39, 0.29) is 18.4 Å². The van der Waals surface area contributed by atoms with Crippen molar-refractivity contribution < 1.29 is 9.59 Å². The number of aryl methyl sites for hydroxylation is 2. The fourth-order valence-corrected chi connectivity index (χ4v) is 4.16. The highest BCUT2D eigenvalue weighted by Crippen LogP contribution is 2.41. The molecule has 0 bridgehead atoms. The second kappa shape index (κ2) is 7.23. The van der Waals surface area contributed by atoms with E-state index in [0.29, 0.717) is 5.71 Å². The summed E-state index contributed by atoms with van der Waals surface area (Å²) < 4.78 is 0. The number of nitrogens with zero attached hydrogens (tertiary/aromatic N) is 2. The van der Waals surface area contributed by atoms with Crippen molar-refractivity contribution >= 4 is 23.2 Å². The van der Waals surface area contributed by atoms with E-state index in [0.717, 1.165) is 48.1 Å². The minimum absolute atomic E-state index is 0.0199. The summed E-state index contributed by atoms with van der Waals surface area (Å²) in [6.07, 6.45) is 3.67. The summed E-state index contributed by atoms with van der Waals surface area (Å²) in [6.45, 7) is 3.98. The van der Waals surface area contributed by atoms with Gasteiger partial charge in [-0.25, -0.2) is 0 Å². The van der Waals surface area contributed by atoms with E-state index in [1.807, 2.05) is 62.4 Å². The summed E-state index contributed by atoms with van der Waals surface area (Å²) in [5.41, 5.74) is 3.60. The van der Waals surface area contributed by atoms with Gasteiger partial charge in [0.25, 0.3) is 5.91 Å². The first-order chi connectivity index (χ1) is 13.5. The Bertz CT molecular complexity index is 944. The number of aliphatic imine (C=N–C) groups is 1. The van der Waals surface area contributed by atoms with E-state index in [4.69, 9.17) is 4.99 Å². The molecule has 0 unspecified atom stereocenters. The summed E-state index contributed by atoms with van der Waals surface area (Å²) in [5.74, 6) is -0.331. The summed E-state index contributed by atoms with van der Waals surface area (Å²) in [6, 6.07) is 15.5. The molecule has 0 saturated heterocycles. The number of hydrogen-bond donors (Lipinski definition) is 1. The molecule has 2 amide bonds. The molecular formula is C23H25N3O2. The highest BCUT2D eigenvalue weighted by atomic mass is 16.2. The van der Waals surface area contributed by atoms with Gasteiger partial charge in [0.1, 0.15) is 17.9 Å². The van der Waals surface area contributed by atoms with Crippen molar-refractivity contribution in [3.63, 3.8) is 0 Å². The third kappa shape index (κ3) is 3.33. The van der Waals surface area contributed by atoms with E-state index in [2.05, 4.69) is 5.32 Å². The maximum atomic E-state index is 13.2. The van der Waals surface area contributed by atoms with E-state index in [1.54, 1.807) is 4.90 Å². The summed E-state index contributed by atoms with van der Waals surface area (Å²) in [7, 11) is 0. The molecule has 2 aliphatic rings. The van der Waals surface area contributed by atoms with Crippen molar-refractivity contribution in [2.75, 3.05) is 11.9 Å². The lowest BCUT2D eigenvalue weighted by molar-refractivity contribution is -0.132.